The molecule has 1 amide bonds. The number of amides is 1. The van der Waals surface area contributed by atoms with E-state index < -0.39 is 11.9 Å². The Balaban J connectivity index is 1.90. The van der Waals surface area contributed by atoms with Crippen LogP contribution in [0.25, 0.3) is 0 Å². The van der Waals surface area contributed by atoms with E-state index in [9.17, 15) is 14.7 Å². The lowest BCUT2D eigenvalue weighted by Crippen LogP contribution is -2.38. The van der Waals surface area contributed by atoms with Gasteiger partial charge in [-0.2, -0.15) is 0 Å². The minimum absolute atomic E-state index is 0.0508. The molecule has 2 bridgehead atoms. The molecule has 3 unspecified atom stereocenters. The maximum Gasteiger partial charge on any atom is 0.308 e. The van der Waals surface area contributed by atoms with Crippen molar-refractivity contribution in [3.8, 4) is 0 Å². The quantitative estimate of drug-likeness (QED) is 0.904. The van der Waals surface area contributed by atoms with E-state index in [1.165, 1.54) is 0 Å². The zero-order chi connectivity index (χ0) is 13.6. The summed E-state index contributed by atoms with van der Waals surface area (Å²) in [5, 5.41) is 9.62. The van der Waals surface area contributed by atoms with Crippen molar-refractivity contribution in [2.45, 2.75) is 31.3 Å². The highest BCUT2D eigenvalue weighted by Crippen LogP contribution is 2.42. The molecule has 100 valence electrons. The van der Waals surface area contributed by atoms with Gasteiger partial charge in [0.2, 0.25) is 0 Å². The maximum absolute atomic E-state index is 12.5. The molecule has 2 heterocycles. The molecule has 1 N–H and O–H groups in total. The Morgan fingerprint density at radius 2 is 2.00 bits per heavy atom. The molecular weight excluding hydrogens is 266 g/mol. The summed E-state index contributed by atoms with van der Waals surface area (Å²) in [6, 6.07) is 6.80. The minimum atomic E-state index is -0.802. The van der Waals surface area contributed by atoms with E-state index in [2.05, 4.69) is 0 Å². The minimum Gasteiger partial charge on any atom is -0.481 e. The van der Waals surface area contributed by atoms with Gasteiger partial charge in [0.05, 0.1) is 16.5 Å². The molecule has 3 rings (SSSR count). The lowest BCUT2D eigenvalue weighted by molar-refractivity contribution is -0.142. The van der Waals surface area contributed by atoms with Crippen LogP contribution in [0.5, 0.6) is 0 Å². The van der Waals surface area contributed by atoms with E-state index in [-0.39, 0.29) is 18.0 Å². The average molecular weight is 280 g/mol. The zero-order valence-electron chi connectivity index (χ0n) is 10.3. The van der Waals surface area contributed by atoms with E-state index >= 15 is 0 Å². The average Bonchev–Trinajstić information content (AvgIpc) is 2.96. The second-order valence-electron chi connectivity index (χ2n) is 5.17. The van der Waals surface area contributed by atoms with Crippen molar-refractivity contribution in [2.24, 2.45) is 5.92 Å². The molecule has 19 heavy (non-hydrogen) atoms. The van der Waals surface area contributed by atoms with Crippen LogP contribution < -0.4 is 0 Å². The van der Waals surface area contributed by atoms with Gasteiger partial charge in [-0.25, -0.2) is 0 Å². The third kappa shape index (κ3) is 1.91. The highest BCUT2D eigenvalue weighted by Gasteiger charge is 2.51. The van der Waals surface area contributed by atoms with Crippen molar-refractivity contribution >= 4 is 23.5 Å². The highest BCUT2D eigenvalue weighted by atomic mass is 35.5. The van der Waals surface area contributed by atoms with Gasteiger partial charge in [-0.3, -0.25) is 9.59 Å². The third-order valence-electron chi connectivity index (χ3n) is 4.19. The molecule has 5 heteroatoms. The standard InChI is InChI=1S/C14H14ClNO3/c15-11-4-2-1-3-9(11)13(17)16-8-5-6-12(16)10(7-8)14(18)19/h1-4,8,10,12H,5-7H2,(H,18,19). The van der Waals surface area contributed by atoms with Crippen molar-refractivity contribution in [3.05, 3.63) is 34.9 Å². The lowest BCUT2D eigenvalue weighted by atomic mass is 9.89. The summed E-state index contributed by atoms with van der Waals surface area (Å²) in [7, 11) is 0. The van der Waals surface area contributed by atoms with Gasteiger partial charge < -0.3 is 10.0 Å². The molecule has 0 saturated carbocycles. The number of carboxylic acid groups (broad SMARTS) is 1. The molecule has 0 radical (unpaired) electrons. The van der Waals surface area contributed by atoms with Gasteiger partial charge in [0.1, 0.15) is 0 Å². The van der Waals surface area contributed by atoms with Crippen LogP contribution in [0, 0.1) is 5.92 Å². The van der Waals surface area contributed by atoms with Crippen molar-refractivity contribution in [2.75, 3.05) is 0 Å². The van der Waals surface area contributed by atoms with Gasteiger partial charge in [-0.15, -0.1) is 0 Å². The first-order valence-corrected chi connectivity index (χ1v) is 6.77. The molecule has 0 aliphatic carbocycles. The van der Waals surface area contributed by atoms with Crippen molar-refractivity contribution < 1.29 is 14.7 Å². The van der Waals surface area contributed by atoms with Crippen LogP contribution in [0.2, 0.25) is 5.02 Å². The predicted octanol–water partition coefficient (Wildman–Crippen LogP) is 2.42. The van der Waals surface area contributed by atoms with Crippen molar-refractivity contribution in [1.29, 1.82) is 0 Å². The number of carbonyl (C=O) groups excluding carboxylic acids is 1. The van der Waals surface area contributed by atoms with Crippen LogP contribution >= 0.6 is 11.6 Å². The van der Waals surface area contributed by atoms with Crippen molar-refractivity contribution in [1.82, 2.24) is 4.90 Å². The number of nitrogens with zero attached hydrogens (tertiary/aromatic N) is 1. The Morgan fingerprint density at radius 3 is 2.63 bits per heavy atom. The first-order valence-electron chi connectivity index (χ1n) is 6.39. The molecule has 2 saturated heterocycles. The van der Waals surface area contributed by atoms with Gasteiger partial charge in [0.15, 0.2) is 0 Å². The lowest BCUT2D eigenvalue weighted by Gasteiger charge is -2.23. The topological polar surface area (TPSA) is 57.6 Å². The van der Waals surface area contributed by atoms with Crippen LogP contribution in [0.1, 0.15) is 29.6 Å². The Labute approximate surface area is 116 Å². The number of benzene rings is 1. The molecule has 0 aromatic heterocycles. The Kier molecular flexibility index (Phi) is 2.97. The van der Waals surface area contributed by atoms with E-state index in [1.807, 2.05) is 0 Å². The van der Waals surface area contributed by atoms with Crippen LogP contribution in [0.3, 0.4) is 0 Å². The number of hydrogen-bond acceptors (Lipinski definition) is 2. The van der Waals surface area contributed by atoms with Crippen LogP contribution in [-0.2, 0) is 4.79 Å². The van der Waals surface area contributed by atoms with Crippen molar-refractivity contribution in [3.63, 3.8) is 0 Å². The summed E-state index contributed by atoms with van der Waals surface area (Å²) in [4.78, 5) is 25.5. The molecule has 2 aliphatic heterocycles. The molecule has 4 nitrogen and oxygen atoms in total. The summed E-state index contributed by atoms with van der Waals surface area (Å²) >= 11 is 6.05. The van der Waals surface area contributed by atoms with E-state index in [1.54, 1.807) is 29.2 Å². The molecule has 2 fully saturated rings. The summed E-state index contributed by atoms with van der Waals surface area (Å²) in [5.74, 6) is -1.36. The van der Waals surface area contributed by atoms with Crippen LogP contribution in [0.15, 0.2) is 24.3 Å². The first-order chi connectivity index (χ1) is 9.09. The summed E-state index contributed by atoms with van der Waals surface area (Å²) in [6.45, 7) is 0. The van der Waals surface area contributed by atoms with Gasteiger partial charge in [0, 0.05) is 12.1 Å². The summed E-state index contributed by atoms with van der Waals surface area (Å²) in [6.07, 6.45) is 2.23. The van der Waals surface area contributed by atoms with Crippen LogP contribution in [-0.4, -0.2) is 34.0 Å². The molecular formula is C14H14ClNO3. The first kappa shape index (κ1) is 12.5. The smallest absolute Gasteiger partial charge is 0.308 e. The number of fused-ring (bicyclic) bond motifs is 2. The number of aliphatic carboxylic acids is 1. The summed E-state index contributed by atoms with van der Waals surface area (Å²) < 4.78 is 0. The SMILES string of the molecule is O=C(O)C1CC2CCC1N2C(=O)c1ccccc1Cl. The molecule has 1 aromatic carbocycles. The Bertz CT molecular complexity index is 545. The Hall–Kier alpha value is -1.55. The number of halogens is 1. The maximum atomic E-state index is 12.5. The van der Waals surface area contributed by atoms with Gasteiger partial charge in [-0.05, 0) is 31.4 Å². The fourth-order valence-corrected chi connectivity index (χ4v) is 3.56. The summed E-state index contributed by atoms with van der Waals surface area (Å²) in [5.41, 5.74) is 0.465. The second kappa shape index (κ2) is 4.53. The molecule has 2 aliphatic rings. The highest BCUT2D eigenvalue weighted by molar-refractivity contribution is 6.33. The van der Waals surface area contributed by atoms with E-state index in [0.717, 1.165) is 12.8 Å². The van der Waals surface area contributed by atoms with E-state index in [0.29, 0.717) is 17.0 Å². The fourth-order valence-electron chi connectivity index (χ4n) is 3.34. The molecule has 3 atom stereocenters. The fraction of sp³-hybridized carbons (Fsp3) is 0.429. The van der Waals surface area contributed by atoms with E-state index in [4.69, 9.17) is 11.6 Å². The van der Waals surface area contributed by atoms with Crippen LogP contribution in [0.4, 0.5) is 0 Å². The third-order valence-corrected chi connectivity index (χ3v) is 4.52. The predicted molar refractivity (Wildman–Crippen MR) is 70.2 cm³/mol. The largest absolute Gasteiger partial charge is 0.481 e. The molecule has 0 spiro atoms. The Morgan fingerprint density at radius 1 is 1.26 bits per heavy atom. The monoisotopic (exact) mass is 279 g/mol. The van der Waals surface area contributed by atoms with Gasteiger partial charge in [-0.1, -0.05) is 23.7 Å². The normalized spacial score (nSPS) is 28.7. The van der Waals surface area contributed by atoms with Gasteiger partial charge in [0.25, 0.3) is 5.91 Å². The number of carboxylic acids is 1. The molecule has 1 aromatic rings. The number of carbonyl (C=O) groups is 2. The number of hydrogen-bond donors (Lipinski definition) is 1. The second-order valence-corrected chi connectivity index (χ2v) is 5.58. The number of rotatable bonds is 2. The zero-order valence-corrected chi connectivity index (χ0v) is 11.0. The van der Waals surface area contributed by atoms with Gasteiger partial charge >= 0.3 is 5.97 Å².